The fourth-order valence-electron chi connectivity index (χ4n) is 3.76. The number of benzene rings is 3. The maximum absolute atomic E-state index is 8.71. The van der Waals surface area contributed by atoms with Crippen LogP contribution in [0.15, 0.2) is 89.5 Å². The van der Waals surface area contributed by atoms with E-state index < -0.39 is 12.3 Å². The second-order valence-corrected chi connectivity index (χ2v) is 7.39. The molecule has 0 saturated heterocycles. The van der Waals surface area contributed by atoms with Crippen molar-refractivity contribution < 1.29 is 8.53 Å². The van der Waals surface area contributed by atoms with Crippen molar-refractivity contribution in [1.82, 2.24) is 4.98 Å². The van der Waals surface area contributed by atoms with E-state index in [1.165, 1.54) is 0 Å². The Labute approximate surface area is 175 Å². The molecule has 0 radical (unpaired) electrons. The standard InChI is InChI=1S/C27H23NO/c1-18(2)21-10-6-11-22-23-12-7-13-24(27(23)29-26(21)22)25-17-20(14-15-28-25)16-19-8-4-3-5-9-19/h3-15,17-18H,16H2,1-2H3/i16D2,18D. The van der Waals surface area contributed by atoms with Gasteiger partial charge < -0.3 is 4.42 Å². The molecule has 3 aromatic carbocycles. The molecule has 0 aliphatic carbocycles. The number of hydrogen-bond acceptors (Lipinski definition) is 2. The van der Waals surface area contributed by atoms with Crippen molar-refractivity contribution in [3.05, 3.63) is 102 Å². The van der Waals surface area contributed by atoms with Gasteiger partial charge in [-0.3, -0.25) is 4.98 Å². The number of rotatable bonds is 4. The Hall–Kier alpha value is -3.39. The van der Waals surface area contributed by atoms with Crippen molar-refractivity contribution in [3.63, 3.8) is 0 Å². The third-order valence-corrected chi connectivity index (χ3v) is 5.16. The van der Waals surface area contributed by atoms with Crippen molar-refractivity contribution in [2.45, 2.75) is 26.1 Å². The van der Waals surface area contributed by atoms with Crippen LogP contribution in [0.4, 0.5) is 0 Å². The minimum Gasteiger partial charge on any atom is -0.455 e. The monoisotopic (exact) mass is 380 g/mol. The fraction of sp³-hybridized carbons (Fsp3) is 0.148. The smallest absolute Gasteiger partial charge is 0.144 e. The number of furan rings is 1. The van der Waals surface area contributed by atoms with Crippen molar-refractivity contribution in [2.75, 3.05) is 0 Å². The third-order valence-electron chi connectivity index (χ3n) is 5.16. The Morgan fingerprint density at radius 2 is 1.62 bits per heavy atom. The average Bonchev–Trinajstić information content (AvgIpc) is 3.18. The zero-order valence-corrected chi connectivity index (χ0v) is 16.4. The molecule has 0 fully saturated rings. The lowest BCUT2D eigenvalue weighted by molar-refractivity contribution is 0.658. The number of fused-ring (bicyclic) bond motifs is 3. The predicted molar refractivity (Wildman–Crippen MR) is 120 cm³/mol. The van der Waals surface area contributed by atoms with Gasteiger partial charge >= 0.3 is 0 Å². The van der Waals surface area contributed by atoms with Crippen LogP contribution < -0.4 is 0 Å². The molecule has 0 aliphatic rings. The first-order valence-corrected chi connectivity index (χ1v) is 9.74. The molecular weight excluding hydrogens is 354 g/mol. The summed E-state index contributed by atoms with van der Waals surface area (Å²) in [4.78, 5) is 4.54. The quantitative estimate of drug-likeness (QED) is 0.325. The highest BCUT2D eigenvalue weighted by molar-refractivity contribution is 6.10. The molecule has 2 aromatic heterocycles. The van der Waals surface area contributed by atoms with Gasteiger partial charge in [0.25, 0.3) is 0 Å². The maximum Gasteiger partial charge on any atom is 0.144 e. The molecule has 29 heavy (non-hydrogen) atoms. The summed E-state index contributed by atoms with van der Waals surface area (Å²) in [6.07, 6.45) is -0.00555. The first-order valence-electron chi connectivity index (χ1n) is 11.2. The van der Waals surface area contributed by atoms with Gasteiger partial charge in [0.2, 0.25) is 0 Å². The molecule has 2 heterocycles. The topological polar surface area (TPSA) is 26.0 Å². The van der Waals surface area contributed by atoms with Crippen LogP contribution in [-0.2, 0) is 6.37 Å². The normalized spacial score (nSPS) is 13.9. The molecule has 0 unspecified atom stereocenters. The zero-order chi connectivity index (χ0) is 22.5. The van der Waals surface area contributed by atoms with Gasteiger partial charge in [-0.05, 0) is 47.2 Å². The number of hydrogen-bond donors (Lipinski definition) is 0. The minimum atomic E-state index is -1.65. The molecule has 0 spiro atoms. The molecule has 0 aliphatic heterocycles. The molecule has 0 amide bonds. The van der Waals surface area contributed by atoms with Crippen LogP contribution in [0, 0.1) is 0 Å². The highest BCUT2D eigenvalue weighted by Crippen LogP contribution is 2.38. The summed E-state index contributed by atoms with van der Waals surface area (Å²) >= 11 is 0. The van der Waals surface area contributed by atoms with Crippen LogP contribution in [0.3, 0.4) is 0 Å². The minimum absolute atomic E-state index is 0.537. The molecule has 2 heteroatoms. The van der Waals surface area contributed by atoms with Gasteiger partial charge in [0.1, 0.15) is 11.2 Å². The Morgan fingerprint density at radius 1 is 0.862 bits per heavy atom. The first kappa shape index (κ1) is 14.6. The molecule has 5 aromatic rings. The highest BCUT2D eigenvalue weighted by atomic mass is 16.3. The second kappa shape index (κ2) is 7.21. The summed E-state index contributed by atoms with van der Waals surface area (Å²) in [7, 11) is 0. The van der Waals surface area contributed by atoms with E-state index in [2.05, 4.69) is 4.98 Å². The molecular formula is C27H23NO. The molecule has 0 bridgehead atoms. The number of para-hydroxylation sites is 2. The molecule has 2 nitrogen and oxygen atoms in total. The van der Waals surface area contributed by atoms with E-state index in [4.69, 9.17) is 8.53 Å². The lowest BCUT2D eigenvalue weighted by atomic mass is 9.99. The summed E-state index contributed by atoms with van der Waals surface area (Å²) in [6.45, 7) is 3.71. The number of nitrogens with zero attached hydrogens (tertiary/aromatic N) is 1. The van der Waals surface area contributed by atoms with Gasteiger partial charge in [-0.1, -0.05) is 74.5 Å². The molecule has 142 valence electrons. The Balaban J connectivity index is 1.70. The fourth-order valence-corrected chi connectivity index (χ4v) is 3.76. The van der Waals surface area contributed by atoms with Gasteiger partial charge in [-0.25, -0.2) is 0 Å². The van der Waals surface area contributed by atoms with Gasteiger partial charge in [0.05, 0.1) is 5.69 Å². The largest absolute Gasteiger partial charge is 0.455 e. The van der Waals surface area contributed by atoms with Crippen LogP contribution in [0.2, 0.25) is 0 Å². The Kier molecular flexibility index (Phi) is 3.63. The van der Waals surface area contributed by atoms with Crippen molar-refractivity contribution in [1.29, 1.82) is 0 Å². The lowest BCUT2D eigenvalue weighted by Gasteiger charge is -2.06. The van der Waals surface area contributed by atoms with Gasteiger partial charge in [-0.2, -0.15) is 0 Å². The van der Waals surface area contributed by atoms with E-state index in [1.807, 2.05) is 68.4 Å². The van der Waals surface area contributed by atoms with Gasteiger partial charge in [-0.15, -0.1) is 0 Å². The van der Waals surface area contributed by atoms with Crippen molar-refractivity contribution >= 4 is 21.9 Å². The van der Waals surface area contributed by atoms with Crippen LogP contribution >= 0.6 is 0 Å². The summed E-state index contributed by atoms with van der Waals surface area (Å²) in [5.74, 6) is -0.794. The molecule has 0 atom stereocenters. The Bertz CT molecular complexity index is 1430. The molecule has 0 saturated carbocycles. The van der Waals surface area contributed by atoms with Crippen molar-refractivity contribution in [2.24, 2.45) is 0 Å². The van der Waals surface area contributed by atoms with E-state index in [1.54, 1.807) is 30.5 Å². The summed E-state index contributed by atoms with van der Waals surface area (Å²) in [6, 6.07) is 24.5. The van der Waals surface area contributed by atoms with Gasteiger partial charge in [0.15, 0.2) is 0 Å². The molecule has 5 rings (SSSR count). The zero-order valence-electron chi connectivity index (χ0n) is 19.4. The second-order valence-electron chi connectivity index (χ2n) is 7.39. The predicted octanol–water partition coefficient (Wildman–Crippen LogP) is 7.36. The first-order chi connectivity index (χ1) is 15.3. The van der Waals surface area contributed by atoms with Crippen LogP contribution in [0.1, 0.15) is 40.5 Å². The molecule has 0 N–H and O–H groups in total. The van der Waals surface area contributed by atoms with Crippen LogP contribution in [0.5, 0.6) is 0 Å². The third kappa shape index (κ3) is 3.21. The van der Waals surface area contributed by atoms with Crippen molar-refractivity contribution in [3.8, 4) is 11.3 Å². The summed E-state index contributed by atoms with van der Waals surface area (Å²) < 4.78 is 32.3. The van der Waals surface area contributed by atoms with E-state index in [-0.39, 0.29) is 0 Å². The van der Waals surface area contributed by atoms with E-state index in [0.29, 0.717) is 28.0 Å². The highest BCUT2D eigenvalue weighted by Gasteiger charge is 2.16. The number of pyridine rings is 1. The lowest BCUT2D eigenvalue weighted by Crippen LogP contribution is -1.91. The van der Waals surface area contributed by atoms with Gasteiger partial charge in [0, 0.05) is 26.6 Å². The van der Waals surface area contributed by atoms with Crippen LogP contribution in [-0.4, -0.2) is 4.98 Å². The van der Waals surface area contributed by atoms with E-state index in [0.717, 1.165) is 21.9 Å². The van der Waals surface area contributed by atoms with E-state index >= 15 is 0 Å². The maximum atomic E-state index is 8.71. The van der Waals surface area contributed by atoms with E-state index in [9.17, 15) is 0 Å². The average molecular weight is 381 g/mol. The SMILES string of the molecule is [2H]C(C)(C)c1cccc2c1oc1c(-c3cc(C([2H])([2H])c4ccccc4)ccn3)cccc12. The Morgan fingerprint density at radius 3 is 2.41 bits per heavy atom. The number of aromatic nitrogens is 1. The van der Waals surface area contributed by atoms with Crippen LogP contribution in [0.25, 0.3) is 33.2 Å². The summed E-state index contributed by atoms with van der Waals surface area (Å²) in [5, 5.41) is 1.93. The summed E-state index contributed by atoms with van der Waals surface area (Å²) in [5.41, 5.74) is 4.84.